The van der Waals surface area contributed by atoms with Gasteiger partial charge in [-0.05, 0) is 25.5 Å². The van der Waals surface area contributed by atoms with Gasteiger partial charge in [0.25, 0.3) is 0 Å². The Hall–Kier alpha value is -0.720. The molecule has 0 fully saturated rings. The molecule has 1 heteroatoms. The van der Waals surface area contributed by atoms with Gasteiger partial charge in [-0.2, -0.15) is 0 Å². The molecule has 12 heavy (non-hydrogen) atoms. The van der Waals surface area contributed by atoms with Gasteiger partial charge in [0, 0.05) is 13.1 Å². The Labute approximate surface area is 76.8 Å². The van der Waals surface area contributed by atoms with E-state index in [1.165, 1.54) is 5.57 Å². The van der Waals surface area contributed by atoms with E-state index in [0.717, 1.165) is 6.42 Å². The fourth-order valence-corrected chi connectivity index (χ4v) is 1.34. The van der Waals surface area contributed by atoms with E-state index in [4.69, 9.17) is 0 Å². The Balaban J connectivity index is 4.22. The van der Waals surface area contributed by atoms with Gasteiger partial charge in [0.2, 0.25) is 0 Å². The number of hydrogen-bond acceptors (Lipinski definition) is 1. The highest BCUT2D eigenvalue weighted by Gasteiger charge is 2.15. The van der Waals surface area contributed by atoms with Crippen molar-refractivity contribution in [1.82, 2.24) is 4.90 Å². The lowest BCUT2D eigenvalue weighted by molar-refractivity contribution is 0.257. The summed E-state index contributed by atoms with van der Waals surface area (Å²) in [6.45, 7) is 14.2. The van der Waals surface area contributed by atoms with Crippen LogP contribution in [0.5, 0.6) is 0 Å². The van der Waals surface area contributed by atoms with E-state index in [1.54, 1.807) is 0 Å². The first-order valence-corrected chi connectivity index (χ1v) is 4.48. The topological polar surface area (TPSA) is 3.24 Å². The zero-order chi connectivity index (χ0) is 9.72. The van der Waals surface area contributed by atoms with E-state index in [0.29, 0.717) is 12.0 Å². The molecule has 0 spiro atoms. The normalized spacial score (nSPS) is 12.8. The molecular weight excluding hydrogens is 146 g/mol. The summed E-state index contributed by atoms with van der Waals surface area (Å²) >= 11 is 0. The lowest BCUT2D eigenvalue weighted by Crippen LogP contribution is -2.31. The van der Waals surface area contributed by atoms with Gasteiger partial charge < -0.3 is 4.90 Å². The highest BCUT2D eigenvalue weighted by atomic mass is 15.1. The van der Waals surface area contributed by atoms with E-state index >= 15 is 0 Å². The van der Waals surface area contributed by atoms with Crippen LogP contribution in [0.1, 0.15) is 27.2 Å². The Morgan fingerprint density at radius 2 is 2.00 bits per heavy atom. The van der Waals surface area contributed by atoms with Crippen LogP contribution in [0.15, 0.2) is 24.9 Å². The number of nitrogens with zero attached hydrogens (tertiary/aromatic N) is 1. The Morgan fingerprint density at radius 3 is 2.25 bits per heavy atom. The molecule has 0 bridgehead atoms. The third kappa shape index (κ3) is 3.61. The summed E-state index contributed by atoms with van der Waals surface area (Å²) < 4.78 is 0. The predicted molar refractivity (Wildman–Crippen MR) is 56.0 cm³/mol. The standard InChI is InChI=1S/C11H21N/c1-7-12(6)11(10(4)5)8-9(2)3/h7,10-11H,1-2,8H2,3-6H3. The van der Waals surface area contributed by atoms with Gasteiger partial charge in [0.1, 0.15) is 0 Å². The van der Waals surface area contributed by atoms with Gasteiger partial charge in [0.15, 0.2) is 0 Å². The van der Waals surface area contributed by atoms with Crippen molar-refractivity contribution in [2.45, 2.75) is 33.2 Å². The Morgan fingerprint density at radius 1 is 1.50 bits per heavy atom. The zero-order valence-corrected chi connectivity index (χ0v) is 8.80. The molecule has 1 unspecified atom stereocenters. The van der Waals surface area contributed by atoms with E-state index < -0.39 is 0 Å². The maximum Gasteiger partial charge on any atom is 0.0340 e. The first-order valence-electron chi connectivity index (χ1n) is 4.48. The van der Waals surface area contributed by atoms with Crippen LogP contribution in [0.3, 0.4) is 0 Å². The van der Waals surface area contributed by atoms with Crippen molar-refractivity contribution in [3.8, 4) is 0 Å². The molecule has 0 aliphatic rings. The number of rotatable bonds is 5. The van der Waals surface area contributed by atoms with Crippen molar-refractivity contribution in [3.63, 3.8) is 0 Å². The molecule has 0 aromatic rings. The molecule has 0 rings (SSSR count). The van der Waals surface area contributed by atoms with Crippen LogP contribution in [0, 0.1) is 5.92 Å². The van der Waals surface area contributed by atoms with E-state index in [-0.39, 0.29) is 0 Å². The second kappa shape index (κ2) is 5.02. The molecule has 0 aliphatic carbocycles. The SMILES string of the molecule is C=CN(C)C(CC(=C)C)C(C)C. The van der Waals surface area contributed by atoms with Crippen LogP contribution in [-0.2, 0) is 0 Å². The number of hydrogen-bond donors (Lipinski definition) is 0. The average Bonchev–Trinajstić information content (AvgIpc) is 1.98. The highest BCUT2D eigenvalue weighted by molar-refractivity contribution is 4.95. The van der Waals surface area contributed by atoms with Crippen molar-refractivity contribution in [2.75, 3.05) is 7.05 Å². The molecule has 70 valence electrons. The molecule has 0 N–H and O–H groups in total. The maximum absolute atomic E-state index is 3.93. The van der Waals surface area contributed by atoms with Crippen LogP contribution in [0.2, 0.25) is 0 Å². The molecule has 0 amide bonds. The van der Waals surface area contributed by atoms with Crippen LogP contribution < -0.4 is 0 Å². The second-order valence-electron chi connectivity index (χ2n) is 3.82. The smallest absolute Gasteiger partial charge is 0.0340 e. The molecule has 0 heterocycles. The fraction of sp³-hybridized carbons (Fsp3) is 0.636. The van der Waals surface area contributed by atoms with Crippen molar-refractivity contribution < 1.29 is 0 Å². The Bertz CT molecular complexity index is 158. The van der Waals surface area contributed by atoms with Crippen LogP contribution in [0.25, 0.3) is 0 Å². The molecule has 0 aromatic heterocycles. The van der Waals surface area contributed by atoms with Gasteiger partial charge in [-0.25, -0.2) is 0 Å². The van der Waals surface area contributed by atoms with Crippen molar-refractivity contribution in [1.29, 1.82) is 0 Å². The lowest BCUT2D eigenvalue weighted by Gasteiger charge is -2.30. The van der Waals surface area contributed by atoms with Gasteiger partial charge in [-0.3, -0.25) is 0 Å². The fourth-order valence-electron chi connectivity index (χ4n) is 1.34. The molecule has 1 nitrogen and oxygen atoms in total. The van der Waals surface area contributed by atoms with Crippen LogP contribution in [0.4, 0.5) is 0 Å². The van der Waals surface area contributed by atoms with E-state index in [1.807, 2.05) is 6.20 Å². The molecule has 1 atom stereocenters. The van der Waals surface area contributed by atoms with Crippen molar-refractivity contribution in [2.24, 2.45) is 5.92 Å². The van der Waals surface area contributed by atoms with Gasteiger partial charge in [-0.15, -0.1) is 6.58 Å². The molecule has 0 aliphatic heterocycles. The van der Waals surface area contributed by atoms with Crippen molar-refractivity contribution in [3.05, 3.63) is 24.9 Å². The summed E-state index contributed by atoms with van der Waals surface area (Å²) in [5.41, 5.74) is 1.24. The maximum atomic E-state index is 3.93. The molecule has 0 aromatic carbocycles. The highest BCUT2D eigenvalue weighted by Crippen LogP contribution is 2.16. The van der Waals surface area contributed by atoms with Gasteiger partial charge >= 0.3 is 0 Å². The van der Waals surface area contributed by atoms with Crippen LogP contribution in [-0.4, -0.2) is 18.0 Å². The second-order valence-corrected chi connectivity index (χ2v) is 3.82. The predicted octanol–water partition coefficient (Wildman–Crippen LogP) is 3.05. The summed E-state index contributed by atoms with van der Waals surface area (Å²) in [6, 6.07) is 0.542. The summed E-state index contributed by atoms with van der Waals surface area (Å²) in [5.74, 6) is 0.643. The van der Waals surface area contributed by atoms with Crippen LogP contribution >= 0.6 is 0 Å². The average molecular weight is 167 g/mol. The minimum Gasteiger partial charge on any atom is -0.377 e. The third-order valence-corrected chi connectivity index (χ3v) is 2.14. The zero-order valence-electron chi connectivity index (χ0n) is 8.80. The molecular formula is C11H21N. The lowest BCUT2D eigenvalue weighted by atomic mass is 9.97. The Kier molecular flexibility index (Phi) is 4.72. The minimum absolute atomic E-state index is 0.542. The van der Waals surface area contributed by atoms with Crippen molar-refractivity contribution >= 4 is 0 Å². The summed E-state index contributed by atoms with van der Waals surface area (Å²) in [7, 11) is 2.07. The van der Waals surface area contributed by atoms with E-state index in [2.05, 4.69) is 45.9 Å². The summed E-state index contributed by atoms with van der Waals surface area (Å²) in [5, 5.41) is 0. The first kappa shape index (κ1) is 11.3. The summed E-state index contributed by atoms with van der Waals surface area (Å²) in [4.78, 5) is 2.17. The molecule has 0 saturated heterocycles. The summed E-state index contributed by atoms with van der Waals surface area (Å²) in [6.07, 6.45) is 2.94. The molecule has 0 saturated carbocycles. The quantitative estimate of drug-likeness (QED) is 0.569. The largest absolute Gasteiger partial charge is 0.377 e. The van der Waals surface area contributed by atoms with E-state index in [9.17, 15) is 0 Å². The van der Waals surface area contributed by atoms with Gasteiger partial charge in [-0.1, -0.05) is 26.0 Å². The minimum atomic E-state index is 0.542. The third-order valence-electron chi connectivity index (χ3n) is 2.14. The first-order chi connectivity index (χ1) is 5.49. The monoisotopic (exact) mass is 167 g/mol. The molecule has 0 radical (unpaired) electrons. The van der Waals surface area contributed by atoms with Gasteiger partial charge in [0.05, 0.1) is 0 Å².